The van der Waals surface area contributed by atoms with Gasteiger partial charge in [0.15, 0.2) is 0 Å². The Bertz CT molecular complexity index is 468. The van der Waals surface area contributed by atoms with Crippen molar-refractivity contribution >= 4 is 21.8 Å². The first kappa shape index (κ1) is 17.1. The highest BCUT2D eigenvalue weighted by atomic mass is 79.9. The summed E-state index contributed by atoms with van der Waals surface area (Å²) in [6.45, 7) is 4.06. The molecule has 0 spiro atoms. The largest absolute Gasteiger partial charge is 0.383 e. The molecule has 0 aliphatic heterocycles. The van der Waals surface area contributed by atoms with Crippen LogP contribution in [0.4, 0.5) is 4.39 Å². The molecule has 2 N–H and O–H groups in total. The van der Waals surface area contributed by atoms with Crippen molar-refractivity contribution in [1.82, 2.24) is 4.90 Å². The minimum absolute atomic E-state index is 0.0798. The topological polar surface area (TPSA) is 55.6 Å². The molecule has 0 saturated heterocycles. The lowest BCUT2D eigenvalue weighted by Crippen LogP contribution is -2.48. The zero-order valence-corrected chi connectivity index (χ0v) is 13.5. The predicted molar refractivity (Wildman–Crippen MR) is 79.6 cm³/mol. The zero-order chi connectivity index (χ0) is 15.3. The third-order valence-corrected chi connectivity index (χ3v) is 3.41. The first-order valence-electron chi connectivity index (χ1n) is 6.35. The fraction of sp³-hybridized carbons (Fsp3) is 0.500. The predicted octanol–water partition coefficient (Wildman–Crippen LogP) is 2.30. The second-order valence-electron chi connectivity index (χ2n) is 4.86. The van der Waals surface area contributed by atoms with Crippen molar-refractivity contribution in [2.45, 2.75) is 32.5 Å². The second-order valence-corrected chi connectivity index (χ2v) is 5.77. The summed E-state index contributed by atoms with van der Waals surface area (Å²) in [4.78, 5) is 13.8. The number of nitrogens with two attached hydrogens (primary N) is 1. The highest BCUT2D eigenvalue weighted by molar-refractivity contribution is 9.10. The average Bonchev–Trinajstić information content (AvgIpc) is 2.38. The molecule has 1 amide bonds. The lowest BCUT2D eigenvalue weighted by atomic mass is 10.1. The molecule has 1 atom stereocenters. The van der Waals surface area contributed by atoms with E-state index in [-0.39, 0.29) is 30.9 Å². The molecule has 0 fully saturated rings. The molecule has 0 aromatic heterocycles. The maximum atomic E-state index is 13.8. The van der Waals surface area contributed by atoms with E-state index < -0.39 is 6.04 Å². The summed E-state index contributed by atoms with van der Waals surface area (Å²) in [6, 6.07) is 3.84. The molecule has 1 rings (SSSR count). The Labute approximate surface area is 127 Å². The van der Waals surface area contributed by atoms with Gasteiger partial charge in [-0.3, -0.25) is 4.79 Å². The lowest BCUT2D eigenvalue weighted by molar-refractivity contribution is -0.136. The number of halogens is 2. The van der Waals surface area contributed by atoms with Gasteiger partial charge in [-0.1, -0.05) is 15.9 Å². The van der Waals surface area contributed by atoms with Crippen LogP contribution >= 0.6 is 15.9 Å². The van der Waals surface area contributed by atoms with Crippen LogP contribution in [0.15, 0.2) is 22.7 Å². The smallest absolute Gasteiger partial charge is 0.242 e. The monoisotopic (exact) mass is 346 g/mol. The third-order valence-electron chi connectivity index (χ3n) is 2.92. The SMILES string of the molecule is COCC(N)C(=O)N(Cc1cc(Br)ccc1F)C(C)C. The number of nitrogens with zero attached hydrogens (tertiary/aromatic N) is 1. The Kier molecular flexibility index (Phi) is 6.58. The first-order valence-corrected chi connectivity index (χ1v) is 7.15. The van der Waals surface area contributed by atoms with E-state index in [4.69, 9.17) is 10.5 Å². The van der Waals surface area contributed by atoms with Crippen molar-refractivity contribution in [1.29, 1.82) is 0 Å². The molecule has 4 nitrogen and oxygen atoms in total. The quantitative estimate of drug-likeness (QED) is 0.859. The molecule has 0 bridgehead atoms. The van der Waals surface area contributed by atoms with Gasteiger partial charge in [-0.25, -0.2) is 4.39 Å². The van der Waals surface area contributed by atoms with E-state index >= 15 is 0 Å². The molecule has 1 unspecified atom stereocenters. The van der Waals surface area contributed by atoms with Gasteiger partial charge in [0.1, 0.15) is 11.9 Å². The summed E-state index contributed by atoms with van der Waals surface area (Å²) in [6.07, 6.45) is 0. The Morgan fingerprint density at radius 2 is 2.15 bits per heavy atom. The van der Waals surface area contributed by atoms with Crippen molar-refractivity contribution in [3.05, 3.63) is 34.1 Å². The molecule has 0 radical (unpaired) electrons. The van der Waals surface area contributed by atoms with Crippen LogP contribution in [0.25, 0.3) is 0 Å². The molecular formula is C14H20BrFN2O2. The van der Waals surface area contributed by atoms with Crippen LogP contribution in [-0.4, -0.2) is 36.6 Å². The van der Waals surface area contributed by atoms with E-state index in [1.54, 1.807) is 17.0 Å². The molecule has 1 aromatic carbocycles. The van der Waals surface area contributed by atoms with Crippen molar-refractivity contribution in [3.8, 4) is 0 Å². The molecule has 20 heavy (non-hydrogen) atoms. The minimum atomic E-state index is -0.738. The highest BCUT2D eigenvalue weighted by Gasteiger charge is 2.24. The molecule has 6 heteroatoms. The normalized spacial score (nSPS) is 12.6. The number of ether oxygens (including phenoxy) is 1. The molecule has 1 aromatic rings. The Morgan fingerprint density at radius 3 is 2.70 bits per heavy atom. The van der Waals surface area contributed by atoms with E-state index in [0.717, 1.165) is 4.47 Å². The van der Waals surface area contributed by atoms with Crippen molar-refractivity contribution < 1.29 is 13.9 Å². The molecule has 0 heterocycles. The van der Waals surface area contributed by atoms with Crippen molar-refractivity contribution in [2.75, 3.05) is 13.7 Å². The number of methoxy groups -OCH3 is 1. The molecule has 0 aliphatic carbocycles. The number of hydrogen-bond acceptors (Lipinski definition) is 3. The van der Waals surface area contributed by atoms with Gasteiger partial charge < -0.3 is 15.4 Å². The van der Waals surface area contributed by atoms with Crippen LogP contribution in [0.5, 0.6) is 0 Å². The van der Waals surface area contributed by atoms with Gasteiger partial charge in [0.05, 0.1) is 6.61 Å². The lowest BCUT2D eigenvalue weighted by Gasteiger charge is -2.29. The molecule has 112 valence electrons. The van der Waals surface area contributed by atoms with Crippen LogP contribution in [0, 0.1) is 5.82 Å². The van der Waals surface area contributed by atoms with E-state index in [1.807, 2.05) is 13.8 Å². The second kappa shape index (κ2) is 7.71. The molecule has 0 saturated carbocycles. The molecular weight excluding hydrogens is 327 g/mol. The van der Waals surface area contributed by atoms with Crippen LogP contribution < -0.4 is 5.73 Å². The van der Waals surface area contributed by atoms with Crippen LogP contribution in [0.1, 0.15) is 19.4 Å². The van der Waals surface area contributed by atoms with Crippen LogP contribution in [0.2, 0.25) is 0 Å². The molecule has 0 aliphatic rings. The maximum absolute atomic E-state index is 13.8. The maximum Gasteiger partial charge on any atom is 0.242 e. The zero-order valence-electron chi connectivity index (χ0n) is 11.9. The number of amides is 1. The van der Waals surface area contributed by atoms with Crippen molar-refractivity contribution in [3.63, 3.8) is 0 Å². The van der Waals surface area contributed by atoms with E-state index in [1.165, 1.54) is 13.2 Å². The number of carbonyl (C=O) groups is 1. The van der Waals surface area contributed by atoms with Crippen molar-refractivity contribution in [2.24, 2.45) is 5.73 Å². The minimum Gasteiger partial charge on any atom is -0.383 e. The van der Waals surface area contributed by atoms with Crippen LogP contribution in [0.3, 0.4) is 0 Å². The van der Waals surface area contributed by atoms with Gasteiger partial charge in [-0.15, -0.1) is 0 Å². The van der Waals surface area contributed by atoms with E-state index in [9.17, 15) is 9.18 Å². The fourth-order valence-electron chi connectivity index (χ4n) is 1.83. The summed E-state index contributed by atoms with van der Waals surface area (Å²) in [5, 5.41) is 0. The summed E-state index contributed by atoms with van der Waals surface area (Å²) < 4.78 is 19.5. The van der Waals surface area contributed by atoms with Gasteiger partial charge in [-0.05, 0) is 32.0 Å². The number of rotatable bonds is 6. The standard InChI is InChI=1S/C14H20BrFN2O2/c1-9(2)18(14(19)13(17)8-20-3)7-10-6-11(15)4-5-12(10)16/h4-6,9,13H,7-8,17H2,1-3H3. The summed E-state index contributed by atoms with van der Waals surface area (Å²) >= 11 is 3.30. The Balaban J connectivity index is 2.92. The Morgan fingerprint density at radius 1 is 1.50 bits per heavy atom. The fourth-order valence-corrected chi connectivity index (χ4v) is 2.24. The van der Waals surface area contributed by atoms with Gasteiger partial charge >= 0.3 is 0 Å². The third kappa shape index (κ3) is 4.54. The number of hydrogen-bond donors (Lipinski definition) is 1. The number of benzene rings is 1. The van der Waals surface area contributed by atoms with Gasteiger partial charge in [-0.2, -0.15) is 0 Å². The number of carbonyl (C=O) groups excluding carboxylic acids is 1. The van der Waals surface area contributed by atoms with E-state index in [2.05, 4.69) is 15.9 Å². The average molecular weight is 347 g/mol. The summed E-state index contributed by atoms with van der Waals surface area (Å²) in [7, 11) is 1.49. The first-order chi connectivity index (χ1) is 9.36. The highest BCUT2D eigenvalue weighted by Crippen LogP contribution is 2.18. The van der Waals surface area contributed by atoms with Gasteiger partial charge in [0.25, 0.3) is 0 Å². The summed E-state index contributed by atoms with van der Waals surface area (Å²) in [5.74, 6) is -0.590. The van der Waals surface area contributed by atoms with E-state index in [0.29, 0.717) is 5.56 Å². The Hall–Kier alpha value is -0.980. The summed E-state index contributed by atoms with van der Waals surface area (Å²) in [5.41, 5.74) is 6.22. The van der Waals surface area contributed by atoms with Gasteiger partial charge in [0, 0.05) is 29.7 Å². The van der Waals surface area contributed by atoms with Crippen LogP contribution in [-0.2, 0) is 16.1 Å². The van der Waals surface area contributed by atoms with Gasteiger partial charge in [0.2, 0.25) is 5.91 Å².